The molecule has 0 saturated carbocycles. The number of nitrogens with zero attached hydrogens (tertiary/aromatic N) is 2. The van der Waals surface area contributed by atoms with Crippen molar-refractivity contribution in [3.05, 3.63) is 92.8 Å². The third-order valence-corrected chi connectivity index (χ3v) is 8.32. The summed E-state index contributed by atoms with van der Waals surface area (Å²) in [5.41, 5.74) is 4.89. The zero-order valence-corrected chi connectivity index (χ0v) is 21.1. The van der Waals surface area contributed by atoms with Gasteiger partial charge in [-0.15, -0.1) is 0 Å². The van der Waals surface area contributed by atoms with E-state index in [-0.39, 0.29) is 5.41 Å². The summed E-state index contributed by atoms with van der Waals surface area (Å²) in [6, 6.07) is 22.8. The Balaban J connectivity index is 1.68. The summed E-state index contributed by atoms with van der Waals surface area (Å²) in [6.45, 7) is 8.47. The molecule has 30 heavy (non-hydrogen) atoms. The average molecular weight is 529 g/mol. The van der Waals surface area contributed by atoms with Gasteiger partial charge in [0.15, 0.2) is 0 Å². The Hall–Kier alpha value is -1.70. The van der Waals surface area contributed by atoms with Crippen molar-refractivity contribution in [2.45, 2.75) is 44.3 Å². The Morgan fingerprint density at radius 2 is 1.60 bits per heavy atom. The number of rotatable bonds is 7. The fourth-order valence-electron chi connectivity index (χ4n) is 4.05. The van der Waals surface area contributed by atoms with Gasteiger partial charge in [-0.1, -0.05) is 92.5 Å². The van der Waals surface area contributed by atoms with E-state index in [0.717, 1.165) is 16.7 Å². The molecular formula is C25H29IN2OSi. The van der Waals surface area contributed by atoms with Crippen molar-refractivity contribution in [1.29, 1.82) is 0 Å². The van der Waals surface area contributed by atoms with Crippen LogP contribution in [0.5, 0.6) is 0 Å². The molecule has 0 amide bonds. The second-order valence-electron chi connectivity index (χ2n) is 9.21. The third-order valence-electron chi connectivity index (χ3n) is 5.82. The van der Waals surface area contributed by atoms with Gasteiger partial charge in [-0.3, -0.25) is 0 Å². The number of allylic oxidation sites excluding steroid dienone is 1. The summed E-state index contributed by atoms with van der Waals surface area (Å²) in [6.07, 6.45) is 5.49. The van der Waals surface area contributed by atoms with Crippen LogP contribution < -0.4 is 0 Å². The quantitative estimate of drug-likeness (QED) is 0.203. The monoisotopic (exact) mass is 528 g/mol. The molecule has 0 N–H and O–H groups in total. The Morgan fingerprint density at radius 1 is 1.00 bits per heavy atom. The van der Waals surface area contributed by atoms with Crippen molar-refractivity contribution >= 4 is 36.7 Å². The van der Waals surface area contributed by atoms with Crippen molar-refractivity contribution in [1.82, 2.24) is 9.78 Å². The fourth-order valence-corrected chi connectivity index (χ4v) is 5.56. The van der Waals surface area contributed by atoms with Gasteiger partial charge >= 0.3 is 0 Å². The number of halogens is 1. The molecule has 3 aromatic rings. The van der Waals surface area contributed by atoms with Crippen molar-refractivity contribution in [3.63, 3.8) is 0 Å². The number of aromatic nitrogens is 2. The van der Waals surface area contributed by atoms with Gasteiger partial charge in [0.25, 0.3) is 0 Å². The van der Waals surface area contributed by atoms with Crippen LogP contribution in [-0.4, -0.2) is 24.5 Å². The van der Waals surface area contributed by atoms with Gasteiger partial charge in [-0.25, -0.2) is 4.68 Å². The molecule has 1 aromatic heterocycles. The molecule has 1 aliphatic rings. The minimum absolute atomic E-state index is 0.200. The number of ether oxygens (including phenoxy) is 1. The van der Waals surface area contributed by atoms with Crippen LogP contribution in [-0.2, 0) is 23.3 Å². The van der Waals surface area contributed by atoms with Crippen LogP contribution in [0.25, 0.3) is 6.08 Å². The summed E-state index contributed by atoms with van der Waals surface area (Å²) < 4.78 is 9.18. The molecule has 1 heterocycles. The van der Waals surface area contributed by atoms with E-state index < -0.39 is 8.07 Å². The first-order valence-electron chi connectivity index (χ1n) is 10.5. The lowest BCUT2D eigenvalue weighted by Crippen LogP contribution is -2.31. The smallest absolute Gasteiger partial charge is 0.139 e. The van der Waals surface area contributed by atoms with Gasteiger partial charge in [0.05, 0.1) is 5.69 Å². The summed E-state index contributed by atoms with van der Waals surface area (Å²) in [5, 5.41) is 4.82. The molecule has 5 heteroatoms. The van der Waals surface area contributed by atoms with Crippen LogP contribution in [0.1, 0.15) is 22.4 Å². The minimum atomic E-state index is -1.10. The lowest BCUT2D eigenvalue weighted by Gasteiger charge is -2.35. The zero-order chi connectivity index (χ0) is 21.2. The van der Waals surface area contributed by atoms with E-state index in [1.165, 1.54) is 28.4 Å². The van der Waals surface area contributed by atoms with Crippen LogP contribution in [0.15, 0.2) is 66.7 Å². The van der Waals surface area contributed by atoms with E-state index in [1.54, 1.807) is 0 Å². The average Bonchev–Trinajstić information content (AvgIpc) is 3.06. The van der Waals surface area contributed by atoms with Crippen LogP contribution in [0.2, 0.25) is 25.7 Å². The zero-order valence-electron chi connectivity index (χ0n) is 17.9. The van der Waals surface area contributed by atoms with Crippen LogP contribution >= 0.6 is 22.6 Å². The van der Waals surface area contributed by atoms with E-state index in [2.05, 4.69) is 120 Å². The SMILES string of the molecule is C[Si](C)(C)CCOCn1nc(I)c2c1CC(c1ccccc1)(c1ccccc1)C=C2. The second kappa shape index (κ2) is 8.81. The lowest BCUT2D eigenvalue weighted by atomic mass is 9.68. The Labute approximate surface area is 194 Å². The van der Waals surface area contributed by atoms with Gasteiger partial charge in [-0.05, 0) is 39.8 Å². The maximum absolute atomic E-state index is 6.06. The molecule has 0 bridgehead atoms. The third kappa shape index (κ3) is 4.48. The highest BCUT2D eigenvalue weighted by Crippen LogP contribution is 2.42. The molecule has 0 unspecified atom stereocenters. The minimum Gasteiger partial charge on any atom is -0.360 e. The molecule has 0 radical (unpaired) electrons. The van der Waals surface area contributed by atoms with Gasteiger partial charge in [-0.2, -0.15) is 5.10 Å². The number of benzene rings is 2. The van der Waals surface area contributed by atoms with Crippen LogP contribution in [0, 0.1) is 3.70 Å². The first-order valence-corrected chi connectivity index (χ1v) is 15.3. The van der Waals surface area contributed by atoms with E-state index >= 15 is 0 Å². The van der Waals surface area contributed by atoms with Crippen molar-refractivity contribution in [2.75, 3.05) is 6.61 Å². The summed E-state index contributed by atoms with van der Waals surface area (Å²) in [4.78, 5) is 0. The summed E-state index contributed by atoms with van der Waals surface area (Å²) >= 11 is 2.35. The van der Waals surface area contributed by atoms with Gasteiger partial charge < -0.3 is 4.74 Å². The standard InChI is InChI=1S/C25H29IN2OSi/c1-30(2,3)17-16-29-19-28-23-18-25(20-10-6-4-7-11-20,21-12-8-5-9-13-21)15-14-22(23)24(26)27-28/h4-15H,16-19H2,1-3H3. The molecule has 4 rings (SSSR count). The van der Waals surface area contributed by atoms with E-state index in [0.29, 0.717) is 6.73 Å². The fraction of sp³-hybridized carbons (Fsp3) is 0.320. The molecule has 0 spiro atoms. The van der Waals surface area contributed by atoms with E-state index in [9.17, 15) is 0 Å². The Kier molecular flexibility index (Phi) is 6.32. The van der Waals surface area contributed by atoms with Crippen molar-refractivity contribution < 1.29 is 4.74 Å². The maximum Gasteiger partial charge on any atom is 0.139 e. The molecule has 1 aliphatic carbocycles. The Morgan fingerprint density at radius 3 is 2.17 bits per heavy atom. The largest absolute Gasteiger partial charge is 0.360 e. The number of hydrogen-bond donors (Lipinski definition) is 0. The molecule has 0 atom stereocenters. The molecule has 3 nitrogen and oxygen atoms in total. The predicted molar refractivity (Wildman–Crippen MR) is 135 cm³/mol. The Bertz CT molecular complexity index is 983. The van der Waals surface area contributed by atoms with Gasteiger partial charge in [0.2, 0.25) is 0 Å². The first kappa shape index (κ1) is 21.5. The summed E-state index contributed by atoms with van der Waals surface area (Å²) in [5.74, 6) is 0. The predicted octanol–water partition coefficient (Wildman–Crippen LogP) is 6.36. The maximum atomic E-state index is 6.06. The van der Waals surface area contributed by atoms with Crippen LogP contribution in [0.4, 0.5) is 0 Å². The van der Waals surface area contributed by atoms with E-state index in [1.807, 2.05) is 0 Å². The van der Waals surface area contributed by atoms with Crippen molar-refractivity contribution in [2.24, 2.45) is 0 Å². The highest BCUT2D eigenvalue weighted by atomic mass is 127. The molecule has 0 fully saturated rings. The first-order chi connectivity index (χ1) is 14.4. The molecule has 2 aromatic carbocycles. The summed E-state index contributed by atoms with van der Waals surface area (Å²) in [7, 11) is -1.10. The van der Waals surface area contributed by atoms with Crippen LogP contribution in [0.3, 0.4) is 0 Å². The lowest BCUT2D eigenvalue weighted by molar-refractivity contribution is 0.0758. The highest BCUT2D eigenvalue weighted by molar-refractivity contribution is 14.1. The highest BCUT2D eigenvalue weighted by Gasteiger charge is 2.37. The normalized spacial score (nSPS) is 15.2. The van der Waals surface area contributed by atoms with Gasteiger partial charge in [0.1, 0.15) is 10.4 Å². The topological polar surface area (TPSA) is 27.1 Å². The van der Waals surface area contributed by atoms with Gasteiger partial charge in [0, 0.05) is 32.1 Å². The number of fused-ring (bicyclic) bond motifs is 1. The molecule has 0 aliphatic heterocycles. The number of hydrogen-bond acceptors (Lipinski definition) is 2. The molecular weight excluding hydrogens is 499 g/mol. The second-order valence-corrected chi connectivity index (χ2v) is 15.9. The molecule has 0 saturated heterocycles. The molecule has 156 valence electrons. The van der Waals surface area contributed by atoms with Crippen molar-refractivity contribution in [3.8, 4) is 0 Å². The van der Waals surface area contributed by atoms with E-state index in [4.69, 9.17) is 9.84 Å².